The van der Waals surface area contributed by atoms with Gasteiger partial charge in [-0.15, -0.1) is 0 Å². The topological polar surface area (TPSA) is 40.8 Å². The second kappa shape index (κ2) is 11.1. The molecule has 2 heterocycles. The van der Waals surface area contributed by atoms with Crippen LogP contribution in [0.3, 0.4) is 0 Å². The molecule has 0 fully saturated rings. The zero-order chi connectivity index (χ0) is 33.9. The third-order valence-electron chi connectivity index (χ3n) is 8.69. The van der Waals surface area contributed by atoms with E-state index in [1.165, 1.54) is 10.1 Å². The van der Waals surface area contributed by atoms with Gasteiger partial charge in [0.15, 0.2) is 5.82 Å². The molecule has 0 spiro atoms. The van der Waals surface area contributed by atoms with Gasteiger partial charge in [0, 0.05) is 27.9 Å². The molecule has 7 rings (SSSR count). The Kier molecular flexibility index (Phi) is 6.49. The summed E-state index contributed by atoms with van der Waals surface area (Å²) in [5, 5.41) is 11.9. The smallest absolute Gasteiger partial charge is 0.216 e. The number of fused-ring (bicyclic) bond motifs is 3. The number of benzene rings is 5. The van der Waals surface area contributed by atoms with Crippen molar-refractivity contribution in [3.8, 4) is 50.7 Å². The predicted octanol–water partition coefficient (Wildman–Crippen LogP) is 10.7. The molecule has 224 valence electrons. The lowest BCUT2D eigenvalue weighted by atomic mass is 9.86. The highest BCUT2D eigenvalue weighted by Gasteiger charge is 2.28. The fraction of sp³-hybridized carbons (Fsp3) is 0.143. The number of aryl methyl sites for hydroxylation is 1. The fourth-order valence-corrected chi connectivity index (χ4v) is 6.25. The highest BCUT2D eigenvalue weighted by molar-refractivity contribution is 6.14. The summed E-state index contributed by atoms with van der Waals surface area (Å²) in [5.74, 6) is -0.690. The highest BCUT2D eigenvalue weighted by Crippen LogP contribution is 2.43. The number of aromatic nitrogens is 1. The lowest BCUT2D eigenvalue weighted by Gasteiger charge is -2.19. The Balaban J connectivity index is 1.39. The van der Waals surface area contributed by atoms with E-state index in [0.29, 0.717) is 33.6 Å². The fourth-order valence-electron chi connectivity index (χ4n) is 6.25. The van der Waals surface area contributed by atoms with Crippen LogP contribution in [-0.2, 0) is 12.5 Å². The molecule has 0 saturated heterocycles. The van der Waals surface area contributed by atoms with Crippen molar-refractivity contribution >= 4 is 21.9 Å². The van der Waals surface area contributed by atoms with Gasteiger partial charge in [-0.3, -0.25) is 0 Å². The Labute approximate surface area is 271 Å². The molecule has 0 aliphatic carbocycles. The number of nitrogens with zero attached hydrogens (tertiary/aromatic N) is 2. The average Bonchev–Trinajstić information content (AvgIpc) is 3.46. The van der Waals surface area contributed by atoms with Gasteiger partial charge in [-0.25, -0.2) is 4.39 Å². The predicted molar refractivity (Wildman–Crippen MR) is 185 cm³/mol. The van der Waals surface area contributed by atoms with Crippen molar-refractivity contribution in [3.63, 3.8) is 0 Å². The van der Waals surface area contributed by atoms with Crippen LogP contribution >= 0.6 is 0 Å². The molecule has 46 heavy (non-hydrogen) atoms. The van der Waals surface area contributed by atoms with Gasteiger partial charge in [0.2, 0.25) is 11.9 Å². The van der Waals surface area contributed by atoms with Crippen LogP contribution in [0, 0.1) is 24.1 Å². The molecule has 4 heteroatoms. The minimum Gasteiger partial charge on any atom is -0.454 e. The zero-order valence-corrected chi connectivity index (χ0v) is 26.5. The van der Waals surface area contributed by atoms with Crippen LogP contribution in [0.25, 0.3) is 66.6 Å². The summed E-state index contributed by atoms with van der Waals surface area (Å²) in [7, 11) is 1.61. The maximum Gasteiger partial charge on any atom is 0.216 e. The van der Waals surface area contributed by atoms with Gasteiger partial charge in [-0.1, -0.05) is 112 Å². The molecule has 5 aromatic carbocycles. The Bertz CT molecular complexity index is 2420. The quantitative estimate of drug-likeness (QED) is 0.188. The maximum atomic E-state index is 15.5. The zero-order valence-electron chi connectivity index (χ0n) is 28.5. The van der Waals surface area contributed by atoms with Crippen LogP contribution in [0.4, 0.5) is 4.39 Å². The van der Waals surface area contributed by atoms with Gasteiger partial charge in [-0.05, 0) is 57.9 Å². The van der Waals surface area contributed by atoms with E-state index in [1.807, 2.05) is 82.3 Å². The third-order valence-corrected chi connectivity index (χ3v) is 8.69. The van der Waals surface area contributed by atoms with Crippen LogP contribution in [-0.4, -0.2) is 0 Å². The van der Waals surface area contributed by atoms with E-state index in [0.717, 1.165) is 38.6 Å². The summed E-state index contributed by atoms with van der Waals surface area (Å²) in [6.07, 6.45) is -0.291. The molecule has 0 bridgehead atoms. The summed E-state index contributed by atoms with van der Waals surface area (Å²) in [6, 6.07) is 36.9. The maximum absolute atomic E-state index is 15.5. The summed E-state index contributed by atoms with van der Waals surface area (Å²) < 4.78 is 41.4. The van der Waals surface area contributed by atoms with E-state index in [4.69, 9.17) is 5.79 Å². The minimum atomic E-state index is -0.694. The van der Waals surface area contributed by atoms with Crippen LogP contribution in [0.2, 0.25) is 0 Å². The normalized spacial score (nSPS) is 12.3. The molecule has 0 amide bonds. The van der Waals surface area contributed by atoms with Gasteiger partial charge in [0.25, 0.3) is 0 Å². The van der Waals surface area contributed by atoms with Crippen LogP contribution in [0.1, 0.15) is 40.2 Å². The van der Waals surface area contributed by atoms with Crippen molar-refractivity contribution in [3.05, 3.63) is 138 Å². The van der Waals surface area contributed by atoms with E-state index in [9.17, 15) is 6.63 Å². The van der Waals surface area contributed by atoms with Crippen molar-refractivity contribution in [2.75, 3.05) is 0 Å². The Morgan fingerprint density at radius 2 is 1.24 bits per heavy atom. The number of rotatable bonds is 4. The van der Waals surface area contributed by atoms with E-state index < -0.39 is 11.2 Å². The van der Waals surface area contributed by atoms with Crippen molar-refractivity contribution in [2.24, 2.45) is 7.05 Å². The first-order valence-electron chi connectivity index (χ1n) is 16.3. The minimum absolute atomic E-state index is 0.0277. The monoisotopic (exact) mass is 603 g/mol. The molecular weight excluding hydrogens is 567 g/mol. The first kappa shape index (κ1) is 26.8. The van der Waals surface area contributed by atoms with Gasteiger partial charge < -0.3 is 4.42 Å². The van der Waals surface area contributed by atoms with Crippen molar-refractivity contribution < 1.29 is 16.1 Å². The van der Waals surface area contributed by atoms with E-state index in [-0.39, 0.29) is 17.8 Å². The van der Waals surface area contributed by atoms with Crippen LogP contribution in [0.5, 0.6) is 0 Å². The molecular formula is C42H34FN2O+. The number of furan rings is 1. The molecule has 7 aromatic rings. The first-order chi connectivity index (χ1) is 23.0. The van der Waals surface area contributed by atoms with E-state index >= 15 is 4.39 Å². The molecule has 0 radical (unpaired) electrons. The third kappa shape index (κ3) is 4.95. The summed E-state index contributed by atoms with van der Waals surface area (Å²) in [6.45, 7) is 7.48. The lowest BCUT2D eigenvalue weighted by Crippen LogP contribution is -2.33. The Morgan fingerprint density at radius 1 is 0.717 bits per heavy atom. The molecule has 0 unspecified atom stereocenters. The Morgan fingerprint density at radius 3 is 1.80 bits per heavy atom. The number of hydrogen-bond donors (Lipinski definition) is 0. The molecule has 0 N–H and O–H groups in total. The van der Waals surface area contributed by atoms with E-state index in [2.05, 4.69) is 54.6 Å². The molecule has 0 atom stereocenters. The number of hydrogen-bond acceptors (Lipinski definition) is 2. The van der Waals surface area contributed by atoms with Gasteiger partial charge >= 0.3 is 0 Å². The lowest BCUT2D eigenvalue weighted by molar-refractivity contribution is -0.662. The van der Waals surface area contributed by atoms with E-state index in [1.54, 1.807) is 7.05 Å². The second-order valence-electron chi connectivity index (χ2n) is 12.8. The summed E-state index contributed by atoms with van der Waals surface area (Å²) in [5.41, 5.74) is 8.96. The first-order valence-corrected chi connectivity index (χ1v) is 15.3. The number of halogens is 1. The largest absolute Gasteiger partial charge is 0.454 e. The number of pyridine rings is 1. The van der Waals surface area contributed by atoms with Crippen LogP contribution < -0.4 is 4.57 Å². The van der Waals surface area contributed by atoms with Crippen molar-refractivity contribution in [1.29, 1.82) is 5.26 Å². The Hall–Kier alpha value is -5.53. The van der Waals surface area contributed by atoms with Gasteiger partial charge in [-0.2, -0.15) is 9.83 Å². The van der Waals surface area contributed by atoms with Crippen molar-refractivity contribution in [1.82, 2.24) is 0 Å². The van der Waals surface area contributed by atoms with Crippen molar-refractivity contribution in [2.45, 2.75) is 33.1 Å². The van der Waals surface area contributed by atoms with Gasteiger partial charge in [0.1, 0.15) is 19.6 Å². The molecule has 0 aliphatic rings. The summed E-state index contributed by atoms with van der Waals surface area (Å²) in [4.78, 5) is 0. The highest BCUT2D eigenvalue weighted by atomic mass is 19.1. The van der Waals surface area contributed by atoms with Gasteiger partial charge in [0.05, 0.1) is 18.6 Å². The number of nitriles is 1. The standard InChI is InChI=1S/C42H34FN2O/c1-26-11-21-33-34-22-20-32(24-44)39(41(34)46-40(33)38(26)37-23-35(42(2,3)4)36(43)25-45(37)5)31-18-16-30(17-19-31)29-14-12-28(13-15-29)27-9-7-6-8-10-27/h6-23,25H,1-5H3/q+1/i23D,25D. The SMILES string of the molecule is [2H]c1c(C(C)(C)C)c(F)c([2H])[n+](C)c1-c1c(C)ccc2c1oc1c(-c3ccc(-c4ccc(-c5ccccc5)cc4)cc3)c(C#N)ccc12. The molecule has 0 aliphatic heterocycles. The molecule has 2 aromatic heterocycles. The van der Waals surface area contributed by atoms with Crippen LogP contribution in [0.15, 0.2) is 120 Å². The molecule has 0 saturated carbocycles. The average molecular weight is 604 g/mol. The molecule has 3 nitrogen and oxygen atoms in total. The summed E-state index contributed by atoms with van der Waals surface area (Å²) >= 11 is 0. The second-order valence-corrected chi connectivity index (χ2v) is 12.8.